The topological polar surface area (TPSA) is 41.5 Å². The first-order valence-electron chi connectivity index (χ1n) is 6.20. The van der Waals surface area contributed by atoms with Crippen LogP contribution in [-0.2, 0) is 0 Å². The van der Waals surface area contributed by atoms with Crippen molar-refractivity contribution in [2.24, 2.45) is 0 Å². The van der Waals surface area contributed by atoms with Crippen LogP contribution in [0.5, 0.6) is 5.75 Å². The second-order valence-corrected chi connectivity index (χ2v) is 5.61. The summed E-state index contributed by atoms with van der Waals surface area (Å²) < 4.78 is 6.46. The predicted molar refractivity (Wildman–Crippen MR) is 85.6 cm³/mol. The van der Waals surface area contributed by atoms with E-state index in [-0.39, 0.29) is 6.61 Å². The highest BCUT2D eigenvalue weighted by Crippen LogP contribution is 2.20. The summed E-state index contributed by atoms with van der Waals surface area (Å²) in [4.78, 5) is 0. The van der Waals surface area contributed by atoms with Crippen LogP contribution in [0, 0.1) is 0 Å². The minimum atomic E-state index is -0.620. The maximum Gasteiger partial charge on any atom is 0.120 e. The SMILES string of the molecule is OC(CNc1ccccc1Cl)COc1cccc(Br)c1. The summed E-state index contributed by atoms with van der Waals surface area (Å²) in [5.41, 5.74) is 0.802. The van der Waals surface area contributed by atoms with E-state index in [2.05, 4.69) is 21.2 Å². The van der Waals surface area contributed by atoms with Crippen molar-refractivity contribution < 1.29 is 9.84 Å². The Hall–Kier alpha value is -1.23. The lowest BCUT2D eigenvalue weighted by Gasteiger charge is -2.14. The van der Waals surface area contributed by atoms with E-state index in [0.717, 1.165) is 15.9 Å². The van der Waals surface area contributed by atoms with E-state index >= 15 is 0 Å². The Morgan fingerprint density at radius 2 is 2.00 bits per heavy atom. The molecule has 0 aliphatic rings. The van der Waals surface area contributed by atoms with E-state index in [9.17, 15) is 5.11 Å². The van der Waals surface area contributed by atoms with Gasteiger partial charge in [-0.2, -0.15) is 0 Å². The summed E-state index contributed by atoms with van der Waals surface area (Å²) in [5, 5.41) is 13.6. The highest BCUT2D eigenvalue weighted by atomic mass is 79.9. The van der Waals surface area contributed by atoms with Crippen LogP contribution in [0.25, 0.3) is 0 Å². The number of hydrogen-bond donors (Lipinski definition) is 2. The van der Waals surface area contributed by atoms with Crippen LogP contribution in [-0.4, -0.2) is 24.4 Å². The van der Waals surface area contributed by atoms with Gasteiger partial charge < -0.3 is 15.2 Å². The Morgan fingerprint density at radius 3 is 2.75 bits per heavy atom. The molecule has 1 unspecified atom stereocenters. The average Bonchev–Trinajstić information content (AvgIpc) is 2.44. The fourth-order valence-electron chi connectivity index (χ4n) is 1.64. The fraction of sp³-hybridized carbons (Fsp3) is 0.200. The Labute approximate surface area is 131 Å². The lowest BCUT2D eigenvalue weighted by molar-refractivity contribution is 0.117. The van der Waals surface area contributed by atoms with Crippen molar-refractivity contribution in [1.29, 1.82) is 0 Å². The molecule has 0 radical (unpaired) electrons. The molecule has 0 heterocycles. The van der Waals surface area contributed by atoms with Crippen molar-refractivity contribution in [3.63, 3.8) is 0 Å². The molecule has 2 rings (SSSR count). The van der Waals surface area contributed by atoms with Crippen molar-refractivity contribution in [3.05, 3.63) is 58.0 Å². The van der Waals surface area contributed by atoms with Crippen LogP contribution in [0.3, 0.4) is 0 Å². The first kappa shape index (κ1) is 15.2. The maximum absolute atomic E-state index is 9.89. The van der Waals surface area contributed by atoms with E-state index in [1.165, 1.54) is 0 Å². The molecule has 20 heavy (non-hydrogen) atoms. The average molecular weight is 357 g/mol. The Bertz CT molecular complexity index is 565. The van der Waals surface area contributed by atoms with Crippen molar-refractivity contribution >= 4 is 33.2 Å². The van der Waals surface area contributed by atoms with Crippen LogP contribution in [0.4, 0.5) is 5.69 Å². The molecule has 0 saturated carbocycles. The number of hydrogen-bond acceptors (Lipinski definition) is 3. The standard InChI is InChI=1S/C15H15BrClNO2/c16-11-4-3-5-13(8-11)20-10-12(19)9-18-15-7-2-1-6-14(15)17/h1-8,12,18-19H,9-10H2. The zero-order valence-electron chi connectivity index (χ0n) is 10.7. The Morgan fingerprint density at radius 1 is 1.20 bits per heavy atom. The summed E-state index contributed by atoms with van der Waals surface area (Å²) in [5.74, 6) is 0.719. The van der Waals surface area contributed by atoms with Crippen molar-refractivity contribution in [3.8, 4) is 5.75 Å². The molecule has 0 aliphatic carbocycles. The molecule has 0 amide bonds. The van der Waals surface area contributed by atoms with Gasteiger partial charge in [-0.3, -0.25) is 0 Å². The minimum absolute atomic E-state index is 0.216. The third-order valence-electron chi connectivity index (χ3n) is 2.64. The number of benzene rings is 2. The molecule has 0 bridgehead atoms. The molecule has 2 N–H and O–H groups in total. The summed E-state index contributed by atoms with van der Waals surface area (Å²) in [6.45, 7) is 0.589. The summed E-state index contributed by atoms with van der Waals surface area (Å²) in [7, 11) is 0. The van der Waals surface area contributed by atoms with Crippen LogP contribution in [0.2, 0.25) is 5.02 Å². The number of aliphatic hydroxyl groups excluding tert-OH is 1. The largest absolute Gasteiger partial charge is 0.491 e. The van der Waals surface area contributed by atoms with Gasteiger partial charge in [-0.15, -0.1) is 0 Å². The van der Waals surface area contributed by atoms with E-state index in [0.29, 0.717) is 11.6 Å². The van der Waals surface area contributed by atoms with Gasteiger partial charge >= 0.3 is 0 Å². The van der Waals surface area contributed by atoms with Gasteiger partial charge in [-0.05, 0) is 30.3 Å². The molecule has 2 aromatic rings. The third kappa shape index (κ3) is 4.71. The number of halogens is 2. The number of para-hydroxylation sites is 1. The molecule has 0 aliphatic heterocycles. The molecule has 0 fully saturated rings. The molecule has 106 valence electrons. The van der Waals surface area contributed by atoms with Crippen LogP contribution < -0.4 is 10.1 Å². The monoisotopic (exact) mass is 355 g/mol. The normalized spacial score (nSPS) is 11.9. The molecule has 1 atom stereocenters. The number of aliphatic hydroxyl groups is 1. The minimum Gasteiger partial charge on any atom is -0.491 e. The van der Waals surface area contributed by atoms with Crippen LogP contribution in [0.15, 0.2) is 53.0 Å². The molecule has 0 aromatic heterocycles. The van der Waals surface area contributed by atoms with E-state index < -0.39 is 6.10 Å². The fourth-order valence-corrected chi connectivity index (χ4v) is 2.22. The van der Waals surface area contributed by atoms with Crippen molar-refractivity contribution in [2.45, 2.75) is 6.10 Å². The van der Waals surface area contributed by atoms with Gasteiger partial charge in [0.1, 0.15) is 18.5 Å². The third-order valence-corrected chi connectivity index (χ3v) is 3.46. The first-order valence-corrected chi connectivity index (χ1v) is 7.37. The summed E-state index contributed by atoms with van der Waals surface area (Å²) in [6, 6.07) is 14.9. The van der Waals surface area contributed by atoms with E-state index in [1.807, 2.05) is 42.5 Å². The van der Waals surface area contributed by atoms with Gasteiger partial charge in [-0.1, -0.05) is 45.7 Å². The molecular formula is C15H15BrClNO2. The molecule has 2 aromatic carbocycles. The highest BCUT2D eigenvalue weighted by molar-refractivity contribution is 9.10. The lowest BCUT2D eigenvalue weighted by Crippen LogP contribution is -2.26. The van der Waals surface area contributed by atoms with Crippen LogP contribution >= 0.6 is 27.5 Å². The highest BCUT2D eigenvalue weighted by Gasteiger charge is 2.06. The Balaban J connectivity index is 1.78. The molecule has 0 saturated heterocycles. The van der Waals surface area contributed by atoms with Gasteiger partial charge in [0.2, 0.25) is 0 Å². The van der Waals surface area contributed by atoms with Crippen molar-refractivity contribution in [1.82, 2.24) is 0 Å². The smallest absolute Gasteiger partial charge is 0.120 e. The number of ether oxygens (including phenoxy) is 1. The molecule has 3 nitrogen and oxygen atoms in total. The van der Waals surface area contributed by atoms with Gasteiger partial charge in [0.05, 0.1) is 10.7 Å². The second-order valence-electron chi connectivity index (χ2n) is 4.28. The van der Waals surface area contributed by atoms with Crippen LogP contribution in [0.1, 0.15) is 0 Å². The van der Waals surface area contributed by atoms with Gasteiger partial charge in [0.25, 0.3) is 0 Å². The van der Waals surface area contributed by atoms with Crippen molar-refractivity contribution in [2.75, 3.05) is 18.5 Å². The summed E-state index contributed by atoms with van der Waals surface area (Å²) in [6.07, 6.45) is -0.620. The number of rotatable bonds is 6. The van der Waals surface area contributed by atoms with E-state index in [4.69, 9.17) is 16.3 Å². The zero-order chi connectivity index (χ0) is 14.4. The van der Waals surface area contributed by atoms with Gasteiger partial charge in [-0.25, -0.2) is 0 Å². The van der Waals surface area contributed by atoms with E-state index in [1.54, 1.807) is 6.07 Å². The van der Waals surface area contributed by atoms with Gasteiger partial charge in [0.15, 0.2) is 0 Å². The maximum atomic E-state index is 9.89. The number of nitrogens with one attached hydrogen (secondary N) is 1. The molecule has 5 heteroatoms. The molecule has 0 spiro atoms. The Kier molecular flexibility index (Phi) is 5.71. The first-order chi connectivity index (χ1) is 9.65. The zero-order valence-corrected chi connectivity index (χ0v) is 13.1. The molecular weight excluding hydrogens is 342 g/mol. The lowest BCUT2D eigenvalue weighted by atomic mass is 10.3. The summed E-state index contributed by atoms with van der Waals surface area (Å²) >= 11 is 9.39. The predicted octanol–water partition coefficient (Wildman–Crippen LogP) is 3.95. The second kappa shape index (κ2) is 7.53. The van der Waals surface area contributed by atoms with Gasteiger partial charge in [0, 0.05) is 11.0 Å². The quantitative estimate of drug-likeness (QED) is 0.823. The number of anilines is 1.